The Morgan fingerprint density at radius 2 is 0.869 bits per heavy atom. The quantitative estimate of drug-likeness (QED) is 0.151. The molecule has 0 atom stereocenters. The molecule has 2 aliphatic rings. The molecule has 0 saturated heterocycles. The molecule has 0 bridgehead atoms. The summed E-state index contributed by atoms with van der Waals surface area (Å²) in [6.07, 6.45) is 3.13. The Kier molecular flexibility index (Phi) is 9.13. The van der Waals surface area contributed by atoms with Crippen LogP contribution in [-0.2, 0) is 11.8 Å². The maximum Gasteiger partial charge on any atom is 0.0991 e. The van der Waals surface area contributed by atoms with Gasteiger partial charge in [0.25, 0.3) is 0 Å². The van der Waals surface area contributed by atoms with Crippen molar-refractivity contribution in [3.05, 3.63) is 242 Å². The number of nitriles is 2. The number of allylic oxidation sites excluding steroid dienone is 1. The molecule has 0 unspecified atom stereocenters. The average Bonchev–Trinajstić information content (AvgIpc) is 3.74. The van der Waals surface area contributed by atoms with E-state index < -0.39 is 5.41 Å². The third-order valence-electron chi connectivity index (χ3n) is 12.7. The highest BCUT2D eigenvalue weighted by molar-refractivity contribution is 5.97. The Hall–Kier alpha value is -7.72. The van der Waals surface area contributed by atoms with Gasteiger partial charge >= 0.3 is 0 Å². The first-order chi connectivity index (χ1) is 29.7. The van der Waals surface area contributed by atoms with Gasteiger partial charge in [0, 0.05) is 17.1 Å². The van der Waals surface area contributed by atoms with E-state index in [9.17, 15) is 10.5 Å². The lowest BCUT2D eigenvalue weighted by Gasteiger charge is -2.32. The third kappa shape index (κ3) is 6.35. The van der Waals surface area contributed by atoms with E-state index in [4.69, 9.17) is 0 Å². The molecule has 0 aromatic heterocycles. The van der Waals surface area contributed by atoms with Crippen molar-refractivity contribution < 1.29 is 0 Å². The fourth-order valence-corrected chi connectivity index (χ4v) is 9.57. The number of rotatable bonds is 7. The molecule has 0 heterocycles. The summed E-state index contributed by atoms with van der Waals surface area (Å²) in [6.45, 7) is 8.49. The Morgan fingerprint density at radius 1 is 0.459 bits per heavy atom. The Morgan fingerprint density at radius 3 is 1.38 bits per heavy atom. The second-order valence-electron chi connectivity index (χ2n) is 16.7. The molecule has 3 nitrogen and oxygen atoms in total. The molecule has 0 N–H and O–H groups in total. The van der Waals surface area contributed by atoms with Crippen LogP contribution < -0.4 is 4.90 Å². The normalized spacial score (nSPS) is 12.9. The van der Waals surface area contributed by atoms with Crippen molar-refractivity contribution in [1.29, 1.82) is 10.5 Å². The molecule has 0 amide bonds. The number of benzene rings is 8. The van der Waals surface area contributed by atoms with Crippen molar-refractivity contribution in [3.8, 4) is 34.4 Å². The topological polar surface area (TPSA) is 50.8 Å². The van der Waals surface area contributed by atoms with Crippen LogP contribution in [0.2, 0.25) is 0 Å². The Labute approximate surface area is 358 Å². The van der Waals surface area contributed by atoms with E-state index in [1.807, 2.05) is 12.1 Å². The summed E-state index contributed by atoms with van der Waals surface area (Å²) in [5.74, 6) is 0. The Bertz CT molecular complexity index is 3030. The van der Waals surface area contributed by atoms with Gasteiger partial charge in [-0.05, 0) is 168 Å². The molecule has 8 aromatic rings. The van der Waals surface area contributed by atoms with Crippen LogP contribution in [-0.4, -0.2) is 0 Å². The van der Waals surface area contributed by atoms with Crippen LogP contribution in [0.4, 0.5) is 17.1 Å². The van der Waals surface area contributed by atoms with Crippen LogP contribution in [0.25, 0.3) is 33.9 Å². The summed E-state index contributed by atoms with van der Waals surface area (Å²) in [4.78, 5) is 2.33. The summed E-state index contributed by atoms with van der Waals surface area (Å²) < 4.78 is 0. The van der Waals surface area contributed by atoms with E-state index in [0.29, 0.717) is 11.1 Å². The van der Waals surface area contributed by atoms with Crippen LogP contribution in [0.15, 0.2) is 170 Å². The molecule has 61 heavy (non-hydrogen) atoms. The molecule has 0 aliphatic heterocycles. The molecule has 0 radical (unpaired) electrons. The highest BCUT2D eigenvalue weighted by Crippen LogP contribution is 2.64. The second-order valence-corrected chi connectivity index (χ2v) is 16.7. The fraction of sp³-hybridized carbons (Fsp3) is 0.103. The van der Waals surface area contributed by atoms with E-state index in [-0.39, 0.29) is 0 Å². The molecule has 290 valence electrons. The first-order valence-electron chi connectivity index (χ1n) is 20.9. The maximum atomic E-state index is 10.4. The molecule has 10 rings (SSSR count). The molecular weight excluding hydrogens is 739 g/mol. The predicted octanol–water partition coefficient (Wildman–Crippen LogP) is 14.3. The molecule has 2 aliphatic carbocycles. The monoisotopic (exact) mass is 781 g/mol. The van der Waals surface area contributed by atoms with Gasteiger partial charge in [0.1, 0.15) is 0 Å². The second kappa shape index (κ2) is 14.8. The highest BCUT2D eigenvalue weighted by atomic mass is 15.1. The van der Waals surface area contributed by atoms with Gasteiger partial charge in [-0.15, -0.1) is 0 Å². The summed E-state index contributed by atoms with van der Waals surface area (Å²) in [5.41, 5.74) is 22.1. The largest absolute Gasteiger partial charge is 0.310 e. The van der Waals surface area contributed by atoms with E-state index in [2.05, 4.69) is 209 Å². The van der Waals surface area contributed by atoms with Crippen molar-refractivity contribution >= 4 is 28.7 Å². The lowest BCUT2D eigenvalue weighted by atomic mass is 9.69. The van der Waals surface area contributed by atoms with E-state index >= 15 is 0 Å². The smallest absolute Gasteiger partial charge is 0.0991 e. The van der Waals surface area contributed by atoms with Crippen molar-refractivity contribution in [2.75, 3.05) is 4.90 Å². The van der Waals surface area contributed by atoms with Gasteiger partial charge in [0.2, 0.25) is 0 Å². The van der Waals surface area contributed by atoms with Crippen molar-refractivity contribution in [2.45, 2.75) is 39.5 Å². The average molecular weight is 782 g/mol. The van der Waals surface area contributed by atoms with Crippen LogP contribution in [0.1, 0.15) is 72.3 Å². The number of hydrogen-bond acceptors (Lipinski definition) is 3. The van der Waals surface area contributed by atoms with E-state index in [0.717, 1.165) is 73.6 Å². The lowest BCUT2D eigenvalue weighted by molar-refractivity contribution is 0.792. The highest BCUT2D eigenvalue weighted by Gasteiger charge is 2.52. The number of fused-ring (bicyclic) bond motifs is 10. The summed E-state index contributed by atoms with van der Waals surface area (Å²) in [5, 5.41) is 20.8. The predicted molar refractivity (Wildman–Crippen MR) is 250 cm³/mol. The van der Waals surface area contributed by atoms with Crippen LogP contribution in [0.5, 0.6) is 0 Å². The number of aryl methyl sites for hydroxylation is 4. The number of anilines is 3. The zero-order chi connectivity index (χ0) is 41.8. The minimum Gasteiger partial charge on any atom is -0.310 e. The zero-order valence-electron chi connectivity index (χ0n) is 34.8. The summed E-state index contributed by atoms with van der Waals surface area (Å²) in [7, 11) is 0. The molecule has 0 saturated carbocycles. The van der Waals surface area contributed by atoms with Gasteiger partial charge in [-0.2, -0.15) is 10.5 Å². The van der Waals surface area contributed by atoms with Crippen molar-refractivity contribution in [2.24, 2.45) is 0 Å². The fourth-order valence-electron chi connectivity index (χ4n) is 9.57. The van der Waals surface area contributed by atoms with Crippen LogP contribution >= 0.6 is 0 Å². The van der Waals surface area contributed by atoms with Crippen LogP contribution in [0.3, 0.4) is 0 Å². The molecule has 8 aromatic carbocycles. The van der Waals surface area contributed by atoms with Gasteiger partial charge in [0.15, 0.2) is 0 Å². The van der Waals surface area contributed by atoms with Crippen molar-refractivity contribution in [3.63, 3.8) is 0 Å². The van der Waals surface area contributed by atoms with Crippen LogP contribution in [0, 0.1) is 50.4 Å². The molecular formula is C58H43N3. The van der Waals surface area contributed by atoms with Gasteiger partial charge in [-0.25, -0.2) is 0 Å². The first kappa shape index (κ1) is 37.5. The first-order valence-corrected chi connectivity index (χ1v) is 20.9. The number of hydrogen-bond donors (Lipinski definition) is 0. The summed E-state index contributed by atoms with van der Waals surface area (Å²) >= 11 is 0. The van der Waals surface area contributed by atoms with Gasteiger partial charge < -0.3 is 4.90 Å². The third-order valence-corrected chi connectivity index (χ3v) is 12.7. The Balaban J connectivity index is 1.25. The van der Waals surface area contributed by atoms with Gasteiger partial charge in [0.05, 0.1) is 28.7 Å². The van der Waals surface area contributed by atoms with Crippen molar-refractivity contribution in [1.82, 2.24) is 0 Å². The minimum atomic E-state index is -0.803. The van der Waals surface area contributed by atoms with Gasteiger partial charge in [-0.3, -0.25) is 0 Å². The SMILES string of the molecule is Cc1ccc(CC(=Cc2ccc3c(c2)C2(c4cc(C#N)ccc4-c4ccc(C#N)cc42)c2cc(N(c4ccc(C)cc4)c4ccc(C)cc4)ccc2-3)c2ccc(C)cc2)cc1. The van der Waals surface area contributed by atoms with E-state index in [1.165, 1.54) is 39.0 Å². The molecule has 1 spiro atoms. The zero-order valence-corrected chi connectivity index (χ0v) is 34.8. The maximum absolute atomic E-state index is 10.4. The molecule has 3 heteroatoms. The number of nitrogens with zero attached hydrogens (tertiary/aromatic N) is 3. The lowest BCUT2D eigenvalue weighted by Crippen LogP contribution is -2.26. The summed E-state index contributed by atoms with van der Waals surface area (Å²) in [6, 6.07) is 65.9. The van der Waals surface area contributed by atoms with Gasteiger partial charge in [-0.1, -0.05) is 131 Å². The molecule has 0 fully saturated rings. The standard InChI is InChI=1S/C58H43N3/c1-37-5-13-41(14-6-37)29-46(45-18-7-38(2)8-19-45)30-42-15-25-50-53-28-24-49(61(47-20-9-39(3)10-21-47)48-22-11-40(4)12-23-48)34-57(53)58(54(50)31-42)55-32-43(35-59)16-26-51(55)52-27-17-44(36-60)33-56(52)58/h5-28,30-34H,29H2,1-4H3. The van der Waals surface area contributed by atoms with E-state index in [1.54, 1.807) is 0 Å². The minimum absolute atomic E-state index is 0.606.